The first kappa shape index (κ1) is 24.2. The minimum absolute atomic E-state index is 0. The summed E-state index contributed by atoms with van der Waals surface area (Å²) in [5.41, 5.74) is 0. The summed E-state index contributed by atoms with van der Waals surface area (Å²) in [4.78, 5) is 0. The van der Waals surface area contributed by atoms with Gasteiger partial charge in [-0.15, -0.1) is 0 Å². The van der Waals surface area contributed by atoms with E-state index in [0.717, 1.165) is 26.4 Å². The van der Waals surface area contributed by atoms with Gasteiger partial charge in [-0.1, -0.05) is 12.1 Å². The number of hydrogen-bond acceptors (Lipinski definition) is 2. The molecule has 0 fully saturated rings. The van der Waals surface area contributed by atoms with Crippen molar-refractivity contribution in [3.8, 4) is 0 Å². The summed E-state index contributed by atoms with van der Waals surface area (Å²) in [6.07, 6.45) is 8.04. The van der Waals surface area contributed by atoms with Gasteiger partial charge in [0, 0.05) is 30.9 Å². The Morgan fingerprint density at radius 1 is 0.696 bits per heavy atom. The van der Waals surface area contributed by atoms with Gasteiger partial charge >= 0.3 is 0 Å². The van der Waals surface area contributed by atoms with Crippen LogP contribution in [0.25, 0.3) is 0 Å². The predicted molar refractivity (Wildman–Crippen MR) is 81.4 cm³/mol. The molecule has 0 atom stereocenters. The van der Waals surface area contributed by atoms with Gasteiger partial charge in [-0.05, 0) is 13.8 Å². The topological polar surface area (TPSA) is 26.2 Å². The van der Waals surface area contributed by atoms with Crippen molar-refractivity contribution in [3.05, 3.63) is 61.2 Å². The fourth-order valence-corrected chi connectivity index (χ4v) is 1.61. The van der Waals surface area contributed by atoms with E-state index in [1.165, 1.54) is 0 Å². The molecule has 0 saturated heterocycles. The number of aromatic nitrogens is 2. The molecule has 0 unspecified atom stereocenters. The van der Waals surface area contributed by atoms with Crippen LogP contribution in [0.2, 0.25) is 0 Å². The lowest BCUT2D eigenvalue weighted by atomic mass is 10.5. The van der Waals surface area contributed by atoms with Crippen LogP contribution in [0.3, 0.4) is 0 Å². The molecule has 0 amide bonds. The van der Waals surface area contributed by atoms with Gasteiger partial charge in [0.15, 0.2) is 31.3 Å². The van der Waals surface area contributed by atoms with Crippen molar-refractivity contribution in [1.82, 2.24) is 0 Å². The summed E-state index contributed by atoms with van der Waals surface area (Å²) >= 11 is 0. The van der Waals surface area contributed by atoms with Gasteiger partial charge in [-0.2, -0.15) is 4.57 Å². The second kappa shape index (κ2) is 17.3. The average Bonchev–Trinajstić information content (AvgIpc) is 2.56. The highest BCUT2D eigenvalue weighted by Gasteiger charge is 1.95. The molecule has 2 rings (SSSR count). The Morgan fingerprint density at radius 2 is 1.17 bits per heavy atom. The standard InChI is InChI=1S/C9H14NO.C8H12NO.BrH.ClH/c1-2-11-9-8-10-6-4-3-5-7-10;1-2-10-8-9-6-4-3-5-7-9;;/h3-7H,2,8-9H2,1H3;3-7H,2,8H2,1H3;2*1H/q2*+1;;/p-2. The van der Waals surface area contributed by atoms with E-state index >= 15 is 0 Å². The van der Waals surface area contributed by atoms with Gasteiger partial charge < -0.3 is 38.9 Å². The van der Waals surface area contributed by atoms with Crippen molar-refractivity contribution in [1.29, 1.82) is 0 Å². The molecule has 2 heterocycles. The maximum Gasteiger partial charge on any atom is 0.252 e. The molecule has 4 nitrogen and oxygen atoms in total. The van der Waals surface area contributed by atoms with Crippen LogP contribution < -0.4 is 38.5 Å². The van der Waals surface area contributed by atoms with Crippen LogP contribution in [-0.2, 0) is 22.7 Å². The summed E-state index contributed by atoms with van der Waals surface area (Å²) < 4.78 is 14.5. The number of rotatable bonds is 7. The van der Waals surface area contributed by atoms with Gasteiger partial charge in [0.2, 0.25) is 0 Å². The zero-order valence-electron chi connectivity index (χ0n) is 13.8. The van der Waals surface area contributed by atoms with Crippen molar-refractivity contribution < 1.29 is 48.0 Å². The Bertz CT molecular complexity index is 461. The van der Waals surface area contributed by atoms with Crippen LogP contribution in [0, 0.1) is 0 Å². The Kier molecular flexibility index (Phi) is 18.3. The van der Waals surface area contributed by atoms with E-state index in [1.54, 1.807) is 0 Å². The first-order chi connectivity index (χ1) is 10.4. The number of halogens is 2. The highest BCUT2D eigenvalue weighted by molar-refractivity contribution is 4.83. The molecule has 0 saturated carbocycles. The van der Waals surface area contributed by atoms with Crippen LogP contribution in [0.15, 0.2) is 61.2 Å². The van der Waals surface area contributed by atoms with Crippen molar-refractivity contribution >= 4 is 0 Å². The quantitative estimate of drug-likeness (QED) is 0.347. The lowest BCUT2D eigenvalue weighted by molar-refractivity contribution is -0.732. The molecule has 0 radical (unpaired) electrons. The normalized spacial score (nSPS) is 8.96. The van der Waals surface area contributed by atoms with Crippen LogP contribution in [0.1, 0.15) is 13.8 Å². The monoisotopic (exact) mass is 404 g/mol. The lowest BCUT2D eigenvalue weighted by Gasteiger charge is -1.96. The summed E-state index contributed by atoms with van der Waals surface area (Å²) in [6, 6.07) is 12.0. The highest BCUT2D eigenvalue weighted by atomic mass is 79.9. The third-order valence-electron chi connectivity index (χ3n) is 2.70. The molecule has 0 bridgehead atoms. The average molecular weight is 406 g/mol. The largest absolute Gasteiger partial charge is 1.00 e. The summed E-state index contributed by atoms with van der Waals surface area (Å²) in [6.45, 7) is 7.95. The Balaban J connectivity index is 0. The Labute approximate surface area is 156 Å². The number of hydrogen-bond donors (Lipinski definition) is 0. The molecule has 6 heteroatoms. The summed E-state index contributed by atoms with van der Waals surface area (Å²) in [5, 5.41) is 0. The van der Waals surface area contributed by atoms with Gasteiger partial charge in [0.05, 0.1) is 6.61 Å². The van der Waals surface area contributed by atoms with E-state index in [0.29, 0.717) is 6.73 Å². The molecular weight excluding hydrogens is 380 g/mol. The van der Waals surface area contributed by atoms with Gasteiger partial charge in [0.25, 0.3) is 6.73 Å². The van der Waals surface area contributed by atoms with E-state index in [1.807, 2.05) is 79.6 Å². The van der Waals surface area contributed by atoms with Crippen molar-refractivity contribution in [2.24, 2.45) is 0 Å². The highest BCUT2D eigenvalue weighted by Crippen LogP contribution is 1.78. The predicted octanol–water partition coefficient (Wildman–Crippen LogP) is -4.01. The maximum atomic E-state index is 5.22. The number of pyridine rings is 2. The SMILES string of the molecule is CCOCC[n+]1ccccc1.CCOC[n+]1ccccc1.[Br-].[Cl-]. The zero-order valence-corrected chi connectivity index (χ0v) is 16.1. The molecule has 0 spiro atoms. The number of nitrogens with zero attached hydrogens (tertiary/aromatic N) is 2. The van der Waals surface area contributed by atoms with E-state index in [2.05, 4.69) is 4.57 Å². The molecular formula is C17H26BrClN2O2. The van der Waals surface area contributed by atoms with Gasteiger partial charge in [-0.25, -0.2) is 4.57 Å². The van der Waals surface area contributed by atoms with E-state index in [4.69, 9.17) is 9.47 Å². The molecule has 0 aromatic carbocycles. The molecule has 130 valence electrons. The molecule has 2 aromatic heterocycles. The third kappa shape index (κ3) is 13.2. The summed E-state index contributed by atoms with van der Waals surface area (Å²) in [7, 11) is 0. The van der Waals surface area contributed by atoms with Gasteiger partial charge in [-0.3, -0.25) is 0 Å². The van der Waals surface area contributed by atoms with Crippen molar-refractivity contribution in [3.63, 3.8) is 0 Å². The fraction of sp³-hybridized carbons (Fsp3) is 0.412. The minimum atomic E-state index is 0. The second-order valence-corrected chi connectivity index (χ2v) is 4.32. The Hall–Kier alpha value is -1.01. The zero-order chi connectivity index (χ0) is 15.2. The van der Waals surface area contributed by atoms with E-state index in [9.17, 15) is 0 Å². The smallest absolute Gasteiger partial charge is 0.252 e. The van der Waals surface area contributed by atoms with Crippen LogP contribution in [0.5, 0.6) is 0 Å². The van der Waals surface area contributed by atoms with E-state index in [-0.39, 0.29) is 29.4 Å². The lowest BCUT2D eigenvalue weighted by Crippen LogP contribution is -3.00. The molecule has 0 aliphatic rings. The maximum absolute atomic E-state index is 5.22. The third-order valence-corrected chi connectivity index (χ3v) is 2.70. The second-order valence-electron chi connectivity index (χ2n) is 4.32. The molecule has 0 aliphatic carbocycles. The summed E-state index contributed by atoms with van der Waals surface area (Å²) in [5.74, 6) is 0. The molecule has 0 N–H and O–H groups in total. The molecule has 23 heavy (non-hydrogen) atoms. The number of ether oxygens (including phenoxy) is 2. The molecule has 0 aliphatic heterocycles. The van der Waals surface area contributed by atoms with Crippen LogP contribution in [-0.4, -0.2) is 19.8 Å². The minimum Gasteiger partial charge on any atom is -1.00 e. The molecule has 2 aromatic rings. The Morgan fingerprint density at radius 3 is 1.65 bits per heavy atom. The van der Waals surface area contributed by atoms with Crippen molar-refractivity contribution in [2.75, 3.05) is 19.8 Å². The first-order valence-electron chi connectivity index (χ1n) is 7.40. The van der Waals surface area contributed by atoms with E-state index < -0.39 is 0 Å². The van der Waals surface area contributed by atoms with Gasteiger partial charge in [0.1, 0.15) is 6.61 Å². The van der Waals surface area contributed by atoms with Crippen molar-refractivity contribution in [2.45, 2.75) is 27.1 Å². The van der Waals surface area contributed by atoms with Crippen LogP contribution in [0.4, 0.5) is 0 Å². The first-order valence-corrected chi connectivity index (χ1v) is 7.40. The van der Waals surface area contributed by atoms with Crippen LogP contribution >= 0.6 is 0 Å². The fourth-order valence-electron chi connectivity index (χ4n) is 1.61.